The van der Waals surface area contributed by atoms with E-state index in [1.54, 1.807) is 0 Å². The Morgan fingerprint density at radius 2 is 1.64 bits per heavy atom. The first kappa shape index (κ1) is 12.8. The normalized spacial score (nSPS) is 18.9. The molecule has 14 heavy (non-hydrogen) atoms. The first-order valence-electron chi connectivity index (χ1n) is 3.57. The number of carbonyl (C=O) groups excluding carboxylic acids is 2. The van der Waals surface area contributed by atoms with Crippen molar-refractivity contribution in [3.05, 3.63) is 5.76 Å². The summed E-state index contributed by atoms with van der Waals surface area (Å²) in [6.45, 7) is 0. The summed E-state index contributed by atoms with van der Waals surface area (Å²) in [6.07, 6.45) is -8.15. The maximum atomic E-state index is 9.96. The molecule has 4 atom stereocenters. The molecule has 7 heteroatoms. The molecule has 0 amide bonds. The topological polar surface area (TPSA) is 135 Å². The van der Waals surface area contributed by atoms with Crippen molar-refractivity contribution >= 4 is 12.2 Å². The van der Waals surface area contributed by atoms with E-state index in [-0.39, 0.29) is 6.29 Å². The third-order valence-electron chi connectivity index (χ3n) is 1.55. The zero-order valence-corrected chi connectivity index (χ0v) is 6.94. The molecule has 7 nitrogen and oxygen atoms in total. The van der Waals surface area contributed by atoms with E-state index in [1.165, 1.54) is 0 Å². The molecule has 0 spiro atoms. The fourth-order valence-corrected chi connectivity index (χ4v) is 0.691. The molecular weight excluding hydrogens is 196 g/mol. The lowest BCUT2D eigenvalue weighted by Gasteiger charge is -2.22. The van der Waals surface area contributed by atoms with E-state index in [0.29, 0.717) is 0 Å². The van der Waals surface area contributed by atoms with Gasteiger partial charge in [0, 0.05) is 0 Å². The van der Waals surface area contributed by atoms with E-state index in [0.717, 1.165) is 5.94 Å². The van der Waals surface area contributed by atoms with E-state index in [4.69, 9.17) is 25.5 Å². The Morgan fingerprint density at radius 3 is 2.00 bits per heavy atom. The third kappa shape index (κ3) is 2.91. The van der Waals surface area contributed by atoms with Crippen LogP contribution in [0.2, 0.25) is 0 Å². The zero-order valence-electron chi connectivity index (χ0n) is 6.94. The summed E-state index contributed by atoms with van der Waals surface area (Å²) in [6, 6.07) is 0. The standard InChI is InChI=1S/C7H10O7/c8-1-3(10)5(12)7(14)6(13)4(11)2-9/h1,3,5-7,10-14H/t3-,5-,6-,7+/m1/s1. The molecule has 0 rings (SSSR count). The van der Waals surface area contributed by atoms with Gasteiger partial charge in [-0.05, 0) is 0 Å². The van der Waals surface area contributed by atoms with Gasteiger partial charge in [0.15, 0.2) is 18.3 Å². The second-order valence-electron chi connectivity index (χ2n) is 2.54. The van der Waals surface area contributed by atoms with E-state index < -0.39 is 30.2 Å². The molecule has 0 aliphatic heterocycles. The Morgan fingerprint density at radius 1 is 1.14 bits per heavy atom. The predicted molar refractivity (Wildman–Crippen MR) is 41.9 cm³/mol. The molecule has 0 heterocycles. The quantitative estimate of drug-likeness (QED) is 0.182. The minimum absolute atomic E-state index is 0.0672. The van der Waals surface area contributed by atoms with Gasteiger partial charge in [0.2, 0.25) is 5.76 Å². The maximum Gasteiger partial charge on any atom is 0.208 e. The Bertz CT molecular complexity index is 244. The van der Waals surface area contributed by atoms with Crippen LogP contribution in [0.4, 0.5) is 0 Å². The minimum atomic E-state index is -2.10. The van der Waals surface area contributed by atoms with Crippen LogP contribution in [-0.4, -0.2) is 62.2 Å². The molecule has 0 aromatic carbocycles. The smallest absolute Gasteiger partial charge is 0.208 e. The second kappa shape index (κ2) is 5.48. The SMILES string of the molecule is O=C=C(O)[C@@H](O)[C@@H](O)[C@H](O)[C@H](O)C=O. The van der Waals surface area contributed by atoms with Crippen molar-refractivity contribution in [3.8, 4) is 0 Å². The van der Waals surface area contributed by atoms with Gasteiger partial charge in [-0.3, -0.25) is 0 Å². The van der Waals surface area contributed by atoms with Crippen LogP contribution in [0.3, 0.4) is 0 Å². The first-order chi connectivity index (χ1) is 6.45. The molecule has 0 aromatic heterocycles. The summed E-state index contributed by atoms with van der Waals surface area (Å²) >= 11 is 0. The zero-order chi connectivity index (χ0) is 11.3. The average molecular weight is 206 g/mol. The summed E-state index contributed by atoms with van der Waals surface area (Å²) < 4.78 is 0. The van der Waals surface area contributed by atoms with Crippen LogP contribution in [0.25, 0.3) is 0 Å². The highest BCUT2D eigenvalue weighted by Gasteiger charge is 2.32. The Balaban J connectivity index is 4.53. The Labute approximate surface area is 78.5 Å². The molecule has 0 saturated carbocycles. The third-order valence-corrected chi connectivity index (χ3v) is 1.55. The molecule has 0 saturated heterocycles. The predicted octanol–water partition coefficient (Wildman–Crippen LogP) is -3.10. The van der Waals surface area contributed by atoms with Crippen LogP contribution in [0, 0.1) is 0 Å². The first-order valence-corrected chi connectivity index (χ1v) is 3.57. The molecule has 80 valence electrons. The van der Waals surface area contributed by atoms with Crippen LogP contribution in [0.15, 0.2) is 5.76 Å². The largest absolute Gasteiger partial charge is 0.500 e. The van der Waals surface area contributed by atoms with Crippen molar-refractivity contribution in [2.24, 2.45) is 0 Å². The molecule has 0 radical (unpaired) electrons. The number of aldehydes is 1. The van der Waals surface area contributed by atoms with Crippen molar-refractivity contribution in [1.29, 1.82) is 0 Å². The van der Waals surface area contributed by atoms with Gasteiger partial charge in [0.25, 0.3) is 0 Å². The summed E-state index contributed by atoms with van der Waals surface area (Å²) in [7, 11) is 0. The van der Waals surface area contributed by atoms with Crippen molar-refractivity contribution in [2.45, 2.75) is 24.4 Å². The Hall–Kier alpha value is -1.24. The number of hydrogen-bond acceptors (Lipinski definition) is 7. The molecule has 0 unspecified atom stereocenters. The van der Waals surface area contributed by atoms with E-state index in [9.17, 15) is 9.59 Å². The fourth-order valence-electron chi connectivity index (χ4n) is 0.691. The lowest BCUT2D eigenvalue weighted by atomic mass is 10.0. The van der Waals surface area contributed by atoms with Gasteiger partial charge in [-0.1, -0.05) is 0 Å². The summed E-state index contributed by atoms with van der Waals surface area (Å²) in [5.41, 5.74) is 0. The number of rotatable bonds is 5. The van der Waals surface area contributed by atoms with E-state index in [2.05, 4.69) is 0 Å². The van der Waals surface area contributed by atoms with Crippen molar-refractivity contribution < 1.29 is 35.1 Å². The molecular formula is C7H10O7. The summed E-state index contributed by atoms with van der Waals surface area (Å²) in [5, 5.41) is 44.2. The lowest BCUT2D eigenvalue weighted by Crippen LogP contribution is -2.45. The van der Waals surface area contributed by atoms with Crippen LogP contribution in [0.5, 0.6) is 0 Å². The van der Waals surface area contributed by atoms with Crippen molar-refractivity contribution in [2.75, 3.05) is 0 Å². The van der Waals surface area contributed by atoms with Crippen molar-refractivity contribution in [1.82, 2.24) is 0 Å². The highest BCUT2D eigenvalue weighted by atomic mass is 16.4. The van der Waals surface area contributed by atoms with Crippen LogP contribution in [-0.2, 0) is 9.59 Å². The minimum Gasteiger partial charge on any atom is -0.500 e. The average Bonchev–Trinajstić information content (AvgIpc) is 2.23. The van der Waals surface area contributed by atoms with Gasteiger partial charge in [-0.2, -0.15) is 0 Å². The molecule has 0 aromatic rings. The highest BCUT2D eigenvalue weighted by molar-refractivity contribution is 5.57. The monoisotopic (exact) mass is 206 g/mol. The van der Waals surface area contributed by atoms with Gasteiger partial charge in [-0.15, -0.1) is 0 Å². The van der Waals surface area contributed by atoms with Gasteiger partial charge in [-0.25, -0.2) is 4.79 Å². The van der Waals surface area contributed by atoms with E-state index in [1.807, 2.05) is 0 Å². The lowest BCUT2D eigenvalue weighted by molar-refractivity contribution is -0.132. The summed E-state index contributed by atoms with van der Waals surface area (Å²) in [5.74, 6) is -0.339. The number of hydrogen-bond donors (Lipinski definition) is 5. The van der Waals surface area contributed by atoms with Gasteiger partial charge < -0.3 is 30.3 Å². The van der Waals surface area contributed by atoms with Crippen LogP contribution < -0.4 is 0 Å². The van der Waals surface area contributed by atoms with Crippen LogP contribution >= 0.6 is 0 Å². The van der Waals surface area contributed by atoms with Gasteiger partial charge >= 0.3 is 0 Å². The van der Waals surface area contributed by atoms with Crippen LogP contribution in [0.1, 0.15) is 0 Å². The number of carbonyl (C=O) groups is 1. The molecule has 0 aliphatic rings. The summed E-state index contributed by atoms with van der Waals surface area (Å²) in [4.78, 5) is 19.8. The molecule has 0 bridgehead atoms. The molecule has 5 N–H and O–H groups in total. The maximum absolute atomic E-state index is 9.96. The second-order valence-corrected chi connectivity index (χ2v) is 2.54. The molecule has 0 fully saturated rings. The molecule has 0 aliphatic carbocycles. The van der Waals surface area contributed by atoms with Gasteiger partial charge in [0.1, 0.15) is 18.3 Å². The number of aliphatic hydroxyl groups excluding tert-OH is 5. The highest BCUT2D eigenvalue weighted by Crippen LogP contribution is 2.07. The van der Waals surface area contributed by atoms with Gasteiger partial charge in [0.05, 0.1) is 0 Å². The van der Waals surface area contributed by atoms with Crippen molar-refractivity contribution in [3.63, 3.8) is 0 Å². The number of aliphatic hydroxyl groups is 5. The van der Waals surface area contributed by atoms with E-state index >= 15 is 0 Å². The fraction of sp³-hybridized carbons (Fsp3) is 0.571. The Kier molecular flexibility index (Phi) is 5.00.